The molecule has 7 nitrogen and oxygen atoms in total. The molecule has 1 aromatic heterocycles. The predicted molar refractivity (Wildman–Crippen MR) is 125 cm³/mol. The van der Waals surface area contributed by atoms with E-state index in [9.17, 15) is 19.5 Å². The summed E-state index contributed by atoms with van der Waals surface area (Å²) in [5.74, 6) is -2.08. The Morgan fingerprint density at radius 1 is 1.06 bits per heavy atom. The molecule has 0 spiro atoms. The zero-order chi connectivity index (χ0) is 23.7. The second-order valence-corrected chi connectivity index (χ2v) is 8.64. The van der Waals surface area contributed by atoms with E-state index in [-0.39, 0.29) is 34.1 Å². The molecule has 2 N–H and O–H groups in total. The molecule has 3 aromatic rings. The number of aromatic carboxylic acids is 1. The smallest absolute Gasteiger partial charge is 0.338 e. The van der Waals surface area contributed by atoms with Crippen LogP contribution in [0.1, 0.15) is 32.0 Å². The van der Waals surface area contributed by atoms with E-state index < -0.39 is 23.8 Å². The SMILES string of the molecule is O=C(O)c1c(Cl)cc(CN2C(=O)c3ccc(Cl)cc3NC(=O)[C@H]2Cc2ccccn2)cc1Cl. The lowest BCUT2D eigenvalue weighted by molar-refractivity contribution is -0.120. The fourth-order valence-electron chi connectivity index (χ4n) is 3.68. The van der Waals surface area contributed by atoms with Gasteiger partial charge in [0.2, 0.25) is 5.91 Å². The normalized spacial score (nSPS) is 15.6. The Kier molecular flexibility index (Phi) is 6.56. The molecule has 0 saturated carbocycles. The van der Waals surface area contributed by atoms with Crippen LogP contribution in [-0.2, 0) is 17.8 Å². The van der Waals surface area contributed by atoms with Crippen molar-refractivity contribution in [1.29, 1.82) is 0 Å². The van der Waals surface area contributed by atoms with Gasteiger partial charge in [0.25, 0.3) is 5.91 Å². The summed E-state index contributed by atoms with van der Waals surface area (Å²) >= 11 is 18.3. The number of fused-ring (bicyclic) bond motifs is 1. The molecular formula is C23H16Cl3N3O4. The Labute approximate surface area is 203 Å². The van der Waals surface area contributed by atoms with Gasteiger partial charge in [0.1, 0.15) is 6.04 Å². The number of carboxylic acid groups (broad SMARTS) is 1. The third-order valence-corrected chi connectivity index (χ3v) is 6.04. The quantitative estimate of drug-likeness (QED) is 0.512. The van der Waals surface area contributed by atoms with Crippen LogP contribution >= 0.6 is 34.8 Å². The van der Waals surface area contributed by atoms with Crippen molar-refractivity contribution in [1.82, 2.24) is 9.88 Å². The van der Waals surface area contributed by atoms with E-state index in [1.54, 1.807) is 36.5 Å². The number of rotatable bonds is 5. The van der Waals surface area contributed by atoms with E-state index in [2.05, 4.69) is 10.3 Å². The fourth-order valence-corrected chi connectivity index (χ4v) is 4.55. The van der Waals surface area contributed by atoms with E-state index >= 15 is 0 Å². The highest BCUT2D eigenvalue weighted by atomic mass is 35.5. The standard InChI is InChI=1S/C23H16Cl3N3O4/c24-13-4-5-15-18(9-13)28-21(30)19(10-14-3-1-2-6-27-14)29(22(15)31)11-12-7-16(25)20(23(32)33)17(26)8-12/h1-9,19H,10-11H2,(H,28,30)(H,32,33)/t19-/m1/s1. The number of nitrogens with one attached hydrogen (secondary N) is 1. The second-order valence-electron chi connectivity index (χ2n) is 7.39. The Morgan fingerprint density at radius 3 is 2.42 bits per heavy atom. The lowest BCUT2D eigenvalue weighted by Gasteiger charge is -2.29. The molecular weight excluding hydrogens is 489 g/mol. The van der Waals surface area contributed by atoms with Crippen LogP contribution < -0.4 is 5.32 Å². The Hall–Kier alpha value is -3.13. The number of nitrogens with zero attached hydrogens (tertiary/aromatic N) is 2. The first-order valence-corrected chi connectivity index (χ1v) is 10.9. The zero-order valence-electron chi connectivity index (χ0n) is 16.9. The van der Waals surface area contributed by atoms with Crippen LogP contribution in [0.5, 0.6) is 0 Å². The van der Waals surface area contributed by atoms with Crippen LogP contribution in [-0.4, -0.2) is 38.8 Å². The Bertz CT molecular complexity index is 1240. The number of hydrogen-bond acceptors (Lipinski definition) is 4. The molecule has 0 bridgehead atoms. The van der Waals surface area contributed by atoms with Crippen molar-refractivity contribution in [3.63, 3.8) is 0 Å². The predicted octanol–water partition coefficient (Wildman–Crippen LogP) is 4.95. The fraction of sp³-hybridized carbons (Fsp3) is 0.130. The molecule has 0 unspecified atom stereocenters. The van der Waals surface area contributed by atoms with Gasteiger partial charge >= 0.3 is 5.97 Å². The van der Waals surface area contributed by atoms with Gasteiger partial charge in [0.15, 0.2) is 0 Å². The molecule has 1 aliphatic heterocycles. The first-order valence-electron chi connectivity index (χ1n) is 9.77. The van der Waals surface area contributed by atoms with Gasteiger partial charge in [-0.15, -0.1) is 0 Å². The highest BCUT2D eigenvalue weighted by molar-refractivity contribution is 6.39. The van der Waals surface area contributed by atoms with Gasteiger partial charge in [-0.2, -0.15) is 0 Å². The van der Waals surface area contributed by atoms with Crippen molar-refractivity contribution in [3.8, 4) is 0 Å². The molecule has 4 rings (SSSR count). The first kappa shape index (κ1) is 23.0. The van der Waals surface area contributed by atoms with Crippen molar-refractivity contribution in [2.24, 2.45) is 0 Å². The third-order valence-electron chi connectivity index (χ3n) is 5.21. The largest absolute Gasteiger partial charge is 0.478 e. The minimum Gasteiger partial charge on any atom is -0.478 e. The molecule has 33 heavy (non-hydrogen) atoms. The van der Waals surface area contributed by atoms with E-state index in [0.29, 0.717) is 22.0 Å². The highest BCUT2D eigenvalue weighted by Gasteiger charge is 2.36. The lowest BCUT2D eigenvalue weighted by atomic mass is 10.0. The summed E-state index contributed by atoms with van der Waals surface area (Å²) in [6.45, 7) is -0.0365. The maximum Gasteiger partial charge on any atom is 0.338 e. The number of anilines is 1. The first-order chi connectivity index (χ1) is 15.7. The summed E-state index contributed by atoms with van der Waals surface area (Å²) in [5.41, 5.74) is 1.45. The lowest BCUT2D eigenvalue weighted by Crippen LogP contribution is -2.46. The van der Waals surface area contributed by atoms with Crippen molar-refractivity contribution < 1.29 is 19.5 Å². The van der Waals surface area contributed by atoms with E-state index in [1.807, 2.05) is 0 Å². The molecule has 1 atom stereocenters. The number of halogens is 3. The van der Waals surface area contributed by atoms with Gasteiger partial charge in [-0.3, -0.25) is 14.6 Å². The van der Waals surface area contributed by atoms with E-state index in [4.69, 9.17) is 34.8 Å². The van der Waals surface area contributed by atoms with Gasteiger partial charge in [-0.25, -0.2) is 4.79 Å². The molecule has 0 aliphatic carbocycles. The molecule has 0 saturated heterocycles. The average molecular weight is 505 g/mol. The molecule has 1 aliphatic rings. The summed E-state index contributed by atoms with van der Waals surface area (Å²) < 4.78 is 0. The molecule has 0 radical (unpaired) electrons. The van der Waals surface area contributed by atoms with E-state index in [1.165, 1.54) is 23.1 Å². The molecule has 168 valence electrons. The van der Waals surface area contributed by atoms with Gasteiger partial charge in [0, 0.05) is 29.9 Å². The average Bonchev–Trinajstić information content (AvgIpc) is 2.83. The van der Waals surface area contributed by atoms with Crippen LogP contribution in [0, 0.1) is 0 Å². The topological polar surface area (TPSA) is 99.6 Å². The van der Waals surface area contributed by atoms with Crippen LogP contribution in [0.4, 0.5) is 5.69 Å². The van der Waals surface area contributed by atoms with Crippen LogP contribution in [0.25, 0.3) is 0 Å². The maximum absolute atomic E-state index is 13.6. The molecule has 2 aromatic carbocycles. The highest BCUT2D eigenvalue weighted by Crippen LogP contribution is 2.31. The Balaban J connectivity index is 1.78. The number of pyridine rings is 1. The summed E-state index contributed by atoms with van der Waals surface area (Å²) in [7, 11) is 0. The molecule has 2 amide bonds. The second kappa shape index (κ2) is 9.39. The number of carbonyl (C=O) groups excluding carboxylic acids is 2. The van der Waals surface area contributed by atoms with Crippen LogP contribution in [0.3, 0.4) is 0 Å². The zero-order valence-corrected chi connectivity index (χ0v) is 19.2. The van der Waals surface area contributed by atoms with E-state index in [0.717, 1.165) is 0 Å². The number of carboxylic acids is 1. The van der Waals surface area contributed by atoms with Gasteiger partial charge in [-0.1, -0.05) is 40.9 Å². The minimum absolute atomic E-state index is 0.0365. The molecule has 2 heterocycles. The van der Waals surface area contributed by atoms with Gasteiger partial charge < -0.3 is 15.3 Å². The monoisotopic (exact) mass is 503 g/mol. The van der Waals surface area contributed by atoms with Crippen molar-refractivity contribution >= 4 is 58.3 Å². The van der Waals surface area contributed by atoms with Crippen LogP contribution in [0.15, 0.2) is 54.7 Å². The summed E-state index contributed by atoms with van der Waals surface area (Å²) in [6, 6.07) is 11.9. The summed E-state index contributed by atoms with van der Waals surface area (Å²) in [4.78, 5) is 43.8. The summed E-state index contributed by atoms with van der Waals surface area (Å²) in [5, 5.41) is 12.3. The van der Waals surface area contributed by atoms with Crippen molar-refractivity contribution in [2.75, 3.05) is 5.32 Å². The van der Waals surface area contributed by atoms with Crippen LogP contribution in [0.2, 0.25) is 15.1 Å². The number of amides is 2. The maximum atomic E-state index is 13.6. The van der Waals surface area contributed by atoms with Crippen molar-refractivity contribution in [2.45, 2.75) is 19.0 Å². The summed E-state index contributed by atoms with van der Waals surface area (Å²) in [6.07, 6.45) is 1.77. The number of benzene rings is 2. The van der Waals surface area contributed by atoms with Crippen molar-refractivity contribution in [3.05, 3.63) is 92.2 Å². The number of hydrogen-bond donors (Lipinski definition) is 2. The number of carbonyl (C=O) groups is 3. The minimum atomic E-state index is -1.26. The van der Waals surface area contributed by atoms with Gasteiger partial charge in [-0.05, 0) is 48.0 Å². The number of aromatic nitrogens is 1. The molecule has 0 fully saturated rings. The Morgan fingerprint density at radius 2 is 1.79 bits per heavy atom. The molecule has 10 heteroatoms. The third kappa shape index (κ3) is 4.80. The van der Waals surface area contributed by atoms with Gasteiger partial charge in [0.05, 0.1) is 26.9 Å².